The van der Waals surface area contributed by atoms with E-state index in [2.05, 4.69) is 10.3 Å². The quantitative estimate of drug-likeness (QED) is 0.573. The summed E-state index contributed by atoms with van der Waals surface area (Å²) < 4.78 is 27.6. The fraction of sp³-hybridized carbons (Fsp3) is 0.304. The zero-order valence-corrected chi connectivity index (χ0v) is 19.0. The molecule has 0 aliphatic carbocycles. The molecule has 1 aromatic heterocycles. The van der Waals surface area contributed by atoms with Gasteiger partial charge in [-0.05, 0) is 55.2 Å². The van der Waals surface area contributed by atoms with Crippen LogP contribution in [0.1, 0.15) is 35.2 Å². The third-order valence-corrected chi connectivity index (χ3v) is 7.77. The van der Waals surface area contributed by atoms with Gasteiger partial charge in [0.05, 0.1) is 10.5 Å². The molecule has 32 heavy (non-hydrogen) atoms. The summed E-state index contributed by atoms with van der Waals surface area (Å²) in [5.74, 6) is -0.428. The van der Waals surface area contributed by atoms with Gasteiger partial charge in [-0.2, -0.15) is 4.31 Å². The van der Waals surface area contributed by atoms with E-state index >= 15 is 0 Å². The topological polar surface area (TPSA) is 99.3 Å². The molecule has 1 aliphatic heterocycles. The zero-order valence-electron chi connectivity index (χ0n) is 17.4. The number of H-pyrrole nitrogens is 1. The van der Waals surface area contributed by atoms with E-state index in [0.29, 0.717) is 42.0 Å². The second-order valence-corrected chi connectivity index (χ2v) is 10.2. The summed E-state index contributed by atoms with van der Waals surface area (Å²) in [5.41, 5.74) is 1.15. The lowest BCUT2D eigenvalue weighted by atomic mass is 10.1. The molecule has 0 atom stereocenters. The molecule has 2 heterocycles. The summed E-state index contributed by atoms with van der Waals surface area (Å²) in [6, 6.07) is 13.0. The van der Waals surface area contributed by atoms with Crippen molar-refractivity contribution in [1.29, 1.82) is 0 Å². The Labute approximate surface area is 191 Å². The molecule has 2 N–H and O–H groups in total. The number of piperidine rings is 1. The van der Waals surface area contributed by atoms with Crippen LogP contribution in [0, 0.1) is 0 Å². The molecule has 0 saturated carbocycles. The molecule has 0 radical (unpaired) electrons. The Balaban J connectivity index is 1.60. The Morgan fingerprint density at radius 2 is 1.75 bits per heavy atom. The van der Waals surface area contributed by atoms with Crippen LogP contribution in [0.3, 0.4) is 0 Å². The number of aromatic nitrogens is 1. The van der Waals surface area contributed by atoms with Crippen molar-refractivity contribution < 1.29 is 13.2 Å². The summed E-state index contributed by atoms with van der Waals surface area (Å²) in [6.45, 7) is 1.34. The Morgan fingerprint density at radius 3 is 2.47 bits per heavy atom. The fourth-order valence-electron chi connectivity index (χ4n) is 3.90. The van der Waals surface area contributed by atoms with E-state index in [1.54, 1.807) is 12.1 Å². The first-order chi connectivity index (χ1) is 15.3. The summed E-state index contributed by atoms with van der Waals surface area (Å²) >= 11 is 5.89. The van der Waals surface area contributed by atoms with E-state index in [9.17, 15) is 18.0 Å². The fourth-order valence-corrected chi connectivity index (χ4v) is 5.57. The number of carbonyl (C=O) groups is 1. The van der Waals surface area contributed by atoms with Gasteiger partial charge in [-0.25, -0.2) is 8.42 Å². The van der Waals surface area contributed by atoms with Crippen molar-refractivity contribution in [3.8, 4) is 0 Å². The Kier molecular flexibility index (Phi) is 6.64. The first kappa shape index (κ1) is 22.5. The Bertz CT molecular complexity index is 1300. The predicted octanol–water partition coefficient (Wildman–Crippen LogP) is 3.33. The second kappa shape index (κ2) is 9.44. The van der Waals surface area contributed by atoms with Gasteiger partial charge in [0.2, 0.25) is 15.6 Å². The number of amides is 1. The van der Waals surface area contributed by atoms with E-state index in [4.69, 9.17) is 11.6 Å². The normalized spacial score (nSPS) is 15.0. The van der Waals surface area contributed by atoms with Crippen LogP contribution in [-0.2, 0) is 16.4 Å². The highest BCUT2D eigenvalue weighted by atomic mass is 35.5. The molecule has 1 fully saturated rings. The summed E-state index contributed by atoms with van der Waals surface area (Å²) in [4.78, 5) is 27.8. The van der Waals surface area contributed by atoms with Crippen molar-refractivity contribution in [2.75, 3.05) is 19.6 Å². The van der Waals surface area contributed by atoms with Crippen molar-refractivity contribution in [3.63, 3.8) is 0 Å². The van der Waals surface area contributed by atoms with Crippen molar-refractivity contribution in [1.82, 2.24) is 14.6 Å². The van der Waals surface area contributed by atoms with Crippen LogP contribution in [0.25, 0.3) is 10.9 Å². The summed E-state index contributed by atoms with van der Waals surface area (Å²) in [7, 11) is -3.66. The number of aromatic amines is 1. The number of pyridine rings is 1. The van der Waals surface area contributed by atoms with E-state index in [0.717, 1.165) is 24.8 Å². The molecule has 0 bridgehead atoms. The van der Waals surface area contributed by atoms with Crippen LogP contribution in [0.2, 0.25) is 5.02 Å². The second-order valence-electron chi connectivity index (χ2n) is 7.85. The minimum absolute atomic E-state index is 0.120. The number of carbonyl (C=O) groups excluding carboxylic acids is 1. The summed E-state index contributed by atoms with van der Waals surface area (Å²) in [5, 5.41) is 3.86. The number of nitrogens with one attached hydrogen (secondary N) is 2. The number of hydrogen-bond acceptors (Lipinski definition) is 4. The first-order valence-corrected chi connectivity index (χ1v) is 12.4. The average molecular weight is 474 g/mol. The maximum atomic E-state index is 13.1. The van der Waals surface area contributed by atoms with E-state index in [1.807, 2.05) is 12.1 Å². The van der Waals surface area contributed by atoms with E-state index in [-0.39, 0.29) is 10.5 Å². The number of benzene rings is 2. The van der Waals surface area contributed by atoms with Gasteiger partial charge >= 0.3 is 0 Å². The lowest BCUT2D eigenvalue weighted by molar-refractivity contribution is 0.0955. The van der Waals surface area contributed by atoms with Crippen molar-refractivity contribution in [2.45, 2.75) is 30.6 Å². The molecule has 0 spiro atoms. The Hall–Kier alpha value is -2.68. The highest BCUT2D eigenvalue weighted by Gasteiger charge is 2.26. The highest BCUT2D eigenvalue weighted by Crippen LogP contribution is 2.25. The Morgan fingerprint density at radius 1 is 1.03 bits per heavy atom. The number of halogens is 1. The molecule has 1 amide bonds. The molecule has 1 aliphatic rings. The largest absolute Gasteiger partial charge is 0.352 e. The van der Waals surface area contributed by atoms with Crippen LogP contribution in [0.15, 0.2) is 58.2 Å². The maximum Gasteiger partial charge on any atom is 0.252 e. The third-order valence-electron chi connectivity index (χ3n) is 5.62. The smallest absolute Gasteiger partial charge is 0.252 e. The van der Waals surface area contributed by atoms with Gasteiger partial charge in [-0.15, -0.1) is 0 Å². The number of hydrogen-bond donors (Lipinski definition) is 2. The molecule has 9 heteroatoms. The molecule has 3 aromatic rings. The van der Waals surface area contributed by atoms with Gasteiger partial charge in [0.15, 0.2) is 0 Å². The molecule has 2 aromatic carbocycles. The molecule has 1 saturated heterocycles. The lowest BCUT2D eigenvalue weighted by Gasteiger charge is -2.26. The van der Waals surface area contributed by atoms with Crippen LogP contribution < -0.4 is 10.9 Å². The van der Waals surface area contributed by atoms with Crippen LogP contribution in [0.4, 0.5) is 0 Å². The molecule has 7 nitrogen and oxygen atoms in total. The van der Waals surface area contributed by atoms with Gasteiger partial charge in [0, 0.05) is 41.6 Å². The number of fused-ring (bicyclic) bond motifs is 1. The van der Waals surface area contributed by atoms with Gasteiger partial charge in [-0.3, -0.25) is 9.59 Å². The predicted molar refractivity (Wildman–Crippen MR) is 125 cm³/mol. The minimum Gasteiger partial charge on any atom is -0.352 e. The molecular weight excluding hydrogens is 450 g/mol. The monoisotopic (exact) mass is 473 g/mol. The van der Waals surface area contributed by atoms with E-state index in [1.165, 1.54) is 28.6 Å². The number of rotatable bonds is 6. The summed E-state index contributed by atoms with van der Waals surface area (Å²) in [6.07, 6.45) is 3.28. The van der Waals surface area contributed by atoms with Gasteiger partial charge < -0.3 is 10.3 Å². The standard InChI is InChI=1S/C23H24ClN3O4S/c24-17-6-4-16(5-7-17)10-11-25-23(29)20-15-22(28)26-21-9-8-18(14-19(20)21)32(30,31)27-12-2-1-3-13-27/h4-9,14-15H,1-3,10-13H2,(H,25,29)(H,26,28). The van der Waals surface area contributed by atoms with Crippen LogP contribution in [-0.4, -0.2) is 43.2 Å². The third kappa shape index (κ3) is 4.87. The zero-order chi connectivity index (χ0) is 22.7. The first-order valence-electron chi connectivity index (χ1n) is 10.5. The van der Waals surface area contributed by atoms with Crippen LogP contribution >= 0.6 is 11.6 Å². The lowest BCUT2D eigenvalue weighted by Crippen LogP contribution is -2.35. The van der Waals surface area contributed by atoms with E-state index < -0.39 is 21.5 Å². The molecular formula is C23H24ClN3O4S. The van der Waals surface area contributed by atoms with Gasteiger partial charge in [0.25, 0.3) is 5.91 Å². The molecule has 168 valence electrons. The SMILES string of the molecule is O=C(NCCc1ccc(Cl)cc1)c1cc(=O)[nH]c2ccc(S(=O)(=O)N3CCCCC3)cc12. The number of nitrogens with zero attached hydrogens (tertiary/aromatic N) is 1. The maximum absolute atomic E-state index is 13.1. The number of sulfonamides is 1. The van der Waals surface area contributed by atoms with Crippen molar-refractivity contribution >= 4 is 38.4 Å². The van der Waals surface area contributed by atoms with Crippen molar-refractivity contribution in [3.05, 3.63) is 75.0 Å². The molecule has 0 unspecified atom stereocenters. The average Bonchev–Trinajstić information content (AvgIpc) is 2.80. The van der Waals surface area contributed by atoms with Gasteiger partial charge in [-0.1, -0.05) is 30.2 Å². The van der Waals surface area contributed by atoms with Crippen molar-refractivity contribution in [2.24, 2.45) is 0 Å². The van der Waals surface area contributed by atoms with Gasteiger partial charge in [0.1, 0.15) is 0 Å². The molecule has 4 rings (SSSR count). The van der Waals surface area contributed by atoms with Crippen LogP contribution in [0.5, 0.6) is 0 Å². The highest BCUT2D eigenvalue weighted by molar-refractivity contribution is 7.89. The minimum atomic E-state index is -3.66.